The van der Waals surface area contributed by atoms with E-state index in [0.29, 0.717) is 5.88 Å². The summed E-state index contributed by atoms with van der Waals surface area (Å²) >= 11 is 1.60. The van der Waals surface area contributed by atoms with Crippen LogP contribution in [0.3, 0.4) is 0 Å². The highest BCUT2D eigenvalue weighted by Gasteiger charge is 2.10. The van der Waals surface area contributed by atoms with Gasteiger partial charge in [-0.2, -0.15) is 4.98 Å². The fourth-order valence-corrected chi connectivity index (χ4v) is 2.32. The van der Waals surface area contributed by atoms with E-state index in [-0.39, 0.29) is 12.6 Å². The van der Waals surface area contributed by atoms with Crippen LogP contribution < -0.4 is 10.5 Å². The molecule has 2 heterocycles. The monoisotopic (exact) mass is 233 g/mol. The van der Waals surface area contributed by atoms with Gasteiger partial charge in [-0.1, -0.05) is 12.8 Å². The maximum atomic E-state index is 5.60. The molecule has 0 saturated heterocycles. The summed E-state index contributed by atoms with van der Waals surface area (Å²) in [6.45, 7) is 2.27. The number of thiophene rings is 1. The lowest BCUT2D eigenvalue weighted by Crippen LogP contribution is -2.00. The lowest BCUT2D eigenvalue weighted by Gasteiger charge is -2.02. The molecule has 0 aliphatic heterocycles. The highest BCUT2D eigenvalue weighted by Crippen LogP contribution is 2.31. The second kappa shape index (κ2) is 4.37. The zero-order chi connectivity index (χ0) is 11.5. The van der Waals surface area contributed by atoms with Gasteiger partial charge in [0.15, 0.2) is 6.61 Å². The first-order valence-corrected chi connectivity index (χ1v) is 5.68. The van der Waals surface area contributed by atoms with E-state index in [1.807, 2.05) is 6.07 Å². The number of anilines is 1. The van der Waals surface area contributed by atoms with Crippen LogP contribution in [-0.2, 0) is 6.42 Å². The van der Waals surface area contributed by atoms with E-state index >= 15 is 0 Å². The quantitative estimate of drug-likeness (QED) is 0.822. The summed E-state index contributed by atoms with van der Waals surface area (Å²) in [4.78, 5) is 10.3. The molecule has 2 N–H and O–H groups in total. The lowest BCUT2D eigenvalue weighted by atomic mass is 10.3. The third kappa shape index (κ3) is 1.92. The zero-order valence-electron chi connectivity index (χ0n) is 8.86. The summed E-state index contributed by atoms with van der Waals surface area (Å²) in [5.74, 6) is 3.08. The van der Waals surface area contributed by atoms with Gasteiger partial charge in [-0.05, 0) is 12.5 Å². The Morgan fingerprint density at radius 1 is 1.56 bits per heavy atom. The second-order valence-electron chi connectivity index (χ2n) is 3.16. The van der Waals surface area contributed by atoms with Gasteiger partial charge >= 0.3 is 0 Å². The van der Waals surface area contributed by atoms with Gasteiger partial charge in [0.1, 0.15) is 4.83 Å². The van der Waals surface area contributed by atoms with Gasteiger partial charge in [0, 0.05) is 4.88 Å². The van der Waals surface area contributed by atoms with Crippen LogP contribution >= 0.6 is 11.3 Å². The topological polar surface area (TPSA) is 61.0 Å². The van der Waals surface area contributed by atoms with Crippen LogP contribution in [0.4, 0.5) is 5.95 Å². The zero-order valence-corrected chi connectivity index (χ0v) is 9.67. The SMILES string of the molecule is C#CCOc1nc(N)nc2sc(CC)cc12. The van der Waals surface area contributed by atoms with Crippen molar-refractivity contribution in [2.24, 2.45) is 0 Å². The maximum Gasteiger partial charge on any atom is 0.228 e. The third-order valence-electron chi connectivity index (χ3n) is 2.07. The van der Waals surface area contributed by atoms with Crippen LogP contribution in [0, 0.1) is 12.3 Å². The van der Waals surface area contributed by atoms with Crippen molar-refractivity contribution in [1.82, 2.24) is 9.97 Å². The fraction of sp³-hybridized carbons (Fsp3) is 0.273. The van der Waals surface area contributed by atoms with Crippen molar-refractivity contribution in [1.29, 1.82) is 0 Å². The van der Waals surface area contributed by atoms with E-state index in [9.17, 15) is 0 Å². The number of aromatic nitrogens is 2. The number of nitrogens with two attached hydrogens (primary N) is 1. The summed E-state index contributed by atoms with van der Waals surface area (Å²) in [6.07, 6.45) is 6.10. The Labute approximate surface area is 97.5 Å². The Balaban J connectivity index is 2.53. The number of hydrogen-bond acceptors (Lipinski definition) is 5. The van der Waals surface area contributed by atoms with E-state index in [1.165, 1.54) is 4.88 Å². The van der Waals surface area contributed by atoms with E-state index in [1.54, 1.807) is 11.3 Å². The van der Waals surface area contributed by atoms with Crippen LogP contribution in [0.1, 0.15) is 11.8 Å². The van der Waals surface area contributed by atoms with Crippen molar-refractivity contribution in [3.63, 3.8) is 0 Å². The lowest BCUT2D eigenvalue weighted by molar-refractivity contribution is 0.360. The van der Waals surface area contributed by atoms with Gasteiger partial charge in [-0.15, -0.1) is 17.8 Å². The fourth-order valence-electron chi connectivity index (χ4n) is 1.36. The summed E-state index contributed by atoms with van der Waals surface area (Å²) in [6, 6.07) is 2.02. The van der Waals surface area contributed by atoms with Crippen molar-refractivity contribution in [2.75, 3.05) is 12.3 Å². The number of nitrogens with zero attached hydrogens (tertiary/aromatic N) is 2. The molecule has 2 aromatic rings. The molecule has 5 heteroatoms. The van der Waals surface area contributed by atoms with E-state index in [2.05, 4.69) is 22.8 Å². The molecule has 0 saturated carbocycles. The largest absolute Gasteiger partial charge is 0.464 e. The summed E-state index contributed by atoms with van der Waals surface area (Å²) < 4.78 is 5.35. The molecule has 0 spiro atoms. The molecule has 0 bridgehead atoms. The molecule has 16 heavy (non-hydrogen) atoms. The molecule has 2 rings (SSSR count). The molecule has 0 radical (unpaired) electrons. The highest BCUT2D eigenvalue weighted by molar-refractivity contribution is 7.18. The van der Waals surface area contributed by atoms with E-state index in [4.69, 9.17) is 16.9 Å². The van der Waals surface area contributed by atoms with Gasteiger partial charge in [0.05, 0.1) is 5.39 Å². The Kier molecular flexibility index (Phi) is 2.93. The Morgan fingerprint density at radius 2 is 2.38 bits per heavy atom. The Bertz CT molecular complexity index is 556. The normalized spacial score (nSPS) is 10.2. The molecular weight excluding hydrogens is 222 g/mol. The van der Waals surface area contributed by atoms with Crippen molar-refractivity contribution >= 4 is 27.5 Å². The van der Waals surface area contributed by atoms with Crippen molar-refractivity contribution in [3.8, 4) is 18.2 Å². The molecule has 0 unspecified atom stereocenters. The number of fused-ring (bicyclic) bond motifs is 1. The highest BCUT2D eigenvalue weighted by atomic mass is 32.1. The molecular formula is C11H11N3OS. The first kappa shape index (κ1) is 10.7. The molecule has 82 valence electrons. The minimum atomic E-state index is 0.183. The van der Waals surface area contributed by atoms with Gasteiger partial charge < -0.3 is 10.5 Å². The minimum Gasteiger partial charge on any atom is -0.464 e. The molecule has 2 aromatic heterocycles. The molecule has 0 aliphatic rings. The summed E-state index contributed by atoms with van der Waals surface area (Å²) in [5, 5.41) is 0.881. The number of aryl methyl sites for hydroxylation is 1. The second-order valence-corrected chi connectivity index (χ2v) is 4.28. The average molecular weight is 233 g/mol. The molecule has 0 atom stereocenters. The van der Waals surface area contributed by atoms with E-state index < -0.39 is 0 Å². The van der Waals surface area contributed by atoms with Gasteiger partial charge in [0.25, 0.3) is 0 Å². The third-order valence-corrected chi connectivity index (χ3v) is 3.24. The Morgan fingerprint density at radius 3 is 3.06 bits per heavy atom. The van der Waals surface area contributed by atoms with Crippen LogP contribution in [0.2, 0.25) is 0 Å². The Hall–Kier alpha value is -1.80. The van der Waals surface area contributed by atoms with Crippen LogP contribution in [0.25, 0.3) is 10.2 Å². The molecule has 0 aliphatic carbocycles. The average Bonchev–Trinajstić information content (AvgIpc) is 2.68. The summed E-state index contributed by atoms with van der Waals surface area (Å²) in [5.41, 5.74) is 5.60. The number of ether oxygens (including phenoxy) is 1. The van der Waals surface area contributed by atoms with Crippen LogP contribution in [0.5, 0.6) is 5.88 Å². The molecule has 0 aromatic carbocycles. The van der Waals surface area contributed by atoms with Crippen molar-refractivity contribution < 1.29 is 4.74 Å². The van der Waals surface area contributed by atoms with Gasteiger partial charge in [-0.25, -0.2) is 4.98 Å². The van der Waals surface area contributed by atoms with E-state index in [0.717, 1.165) is 16.6 Å². The maximum absolute atomic E-state index is 5.60. The minimum absolute atomic E-state index is 0.183. The first-order valence-electron chi connectivity index (χ1n) is 4.86. The number of hydrogen-bond donors (Lipinski definition) is 1. The number of terminal acetylenes is 1. The van der Waals surface area contributed by atoms with Gasteiger partial charge in [-0.3, -0.25) is 0 Å². The number of nitrogen functional groups attached to an aromatic ring is 1. The van der Waals surface area contributed by atoms with Crippen molar-refractivity contribution in [2.45, 2.75) is 13.3 Å². The molecule has 0 fully saturated rings. The number of rotatable bonds is 3. The predicted octanol–water partition coefficient (Wildman–Crippen LogP) is 1.85. The van der Waals surface area contributed by atoms with Crippen molar-refractivity contribution in [3.05, 3.63) is 10.9 Å². The molecule has 0 amide bonds. The standard InChI is InChI=1S/C11H11N3OS/c1-3-5-15-9-8-6-7(4-2)16-10(8)14-11(12)13-9/h1,6H,4-5H2,2H3,(H2,12,13,14). The smallest absolute Gasteiger partial charge is 0.228 e. The van der Waals surface area contributed by atoms with Crippen LogP contribution in [-0.4, -0.2) is 16.6 Å². The summed E-state index contributed by atoms with van der Waals surface area (Å²) in [7, 11) is 0. The van der Waals surface area contributed by atoms with Gasteiger partial charge in [0.2, 0.25) is 11.8 Å². The molecule has 4 nitrogen and oxygen atoms in total. The van der Waals surface area contributed by atoms with Crippen LogP contribution in [0.15, 0.2) is 6.07 Å². The first-order chi connectivity index (χ1) is 7.74. The predicted molar refractivity (Wildman–Crippen MR) is 65.5 cm³/mol.